The summed E-state index contributed by atoms with van der Waals surface area (Å²) in [6, 6.07) is 6.82. The summed E-state index contributed by atoms with van der Waals surface area (Å²) in [7, 11) is 0.521. The Morgan fingerprint density at radius 3 is 2.65 bits per heavy atom. The first kappa shape index (κ1) is 14.4. The van der Waals surface area contributed by atoms with Crippen molar-refractivity contribution < 1.29 is 13.3 Å². The molecular weight excluding hydrogens is 260 g/mol. The SMILES string of the molecule is C[NH+](C)CC[N-]S(=O)(=O)Cc1cccc(Cl)c1. The first-order valence-corrected chi connectivity index (χ1v) is 7.33. The van der Waals surface area contributed by atoms with Crippen LogP contribution in [0.2, 0.25) is 5.02 Å². The van der Waals surface area contributed by atoms with E-state index in [1.54, 1.807) is 24.3 Å². The molecule has 0 aliphatic rings. The van der Waals surface area contributed by atoms with Crippen molar-refractivity contribution in [2.45, 2.75) is 5.75 Å². The second kappa shape index (κ2) is 6.35. The van der Waals surface area contributed by atoms with Gasteiger partial charge in [0.05, 0.1) is 36.4 Å². The van der Waals surface area contributed by atoms with Gasteiger partial charge in [0.15, 0.2) is 0 Å². The molecule has 0 radical (unpaired) electrons. The highest BCUT2D eigenvalue weighted by Crippen LogP contribution is 2.15. The predicted molar refractivity (Wildman–Crippen MR) is 70.0 cm³/mol. The quantitative estimate of drug-likeness (QED) is 0.831. The molecule has 0 bridgehead atoms. The van der Waals surface area contributed by atoms with E-state index in [9.17, 15) is 8.42 Å². The molecule has 0 heterocycles. The van der Waals surface area contributed by atoms with E-state index in [0.29, 0.717) is 23.7 Å². The van der Waals surface area contributed by atoms with Gasteiger partial charge in [-0.3, -0.25) is 0 Å². The van der Waals surface area contributed by atoms with Crippen LogP contribution in [0.1, 0.15) is 5.56 Å². The van der Waals surface area contributed by atoms with Gasteiger partial charge in [-0.15, -0.1) is 0 Å². The average Bonchev–Trinajstić information content (AvgIpc) is 2.15. The molecule has 0 atom stereocenters. The summed E-state index contributed by atoms with van der Waals surface area (Å²) in [5, 5.41) is 0.537. The van der Waals surface area contributed by atoms with E-state index in [2.05, 4.69) is 4.72 Å². The third-order valence-corrected chi connectivity index (χ3v) is 3.65. The van der Waals surface area contributed by atoms with Crippen molar-refractivity contribution in [3.8, 4) is 0 Å². The highest BCUT2D eigenvalue weighted by atomic mass is 35.5. The van der Waals surface area contributed by atoms with Crippen molar-refractivity contribution in [1.29, 1.82) is 0 Å². The fourth-order valence-electron chi connectivity index (χ4n) is 1.29. The molecule has 1 rings (SSSR count). The molecule has 0 fully saturated rings. The molecular formula is C11H17ClN2O2S. The number of halogens is 1. The Labute approximate surface area is 108 Å². The van der Waals surface area contributed by atoms with Gasteiger partial charge in [-0.05, 0) is 17.7 Å². The molecule has 17 heavy (non-hydrogen) atoms. The van der Waals surface area contributed by atoms with Crippen LogP contribution in [0.15, 0.2) is 24.3 Å². The zero-order chi connectivity index (χ0) is 12.9. The van der Waals surface area contributed by atoms with E-state index in [1.165, 1.54) is 4.90 Å². The van der Waals surface area contributed by atoms with E-state index in [1.807, 2.05) is 14.1 Å². The van der Waals surface area contributed by atoms with Crippen LogP contribution in [0.4, 0.5) is 0 Å². The van der Waals surface area contributed by atoms with Crippen LogP contribution in [-0.2, 0) is 15.8 Å². The Hall–Kier alpha value is -0.620. The summed E-state index contributed by atoms with van der Waals surface area (Å²) in [6.07, 6.45) is 0. The van der Waals surface area contributed by atoms with E-state index in [-0.39, 0.29) is 5.75 Å². The van der Waals surface area contributed by atoms with E-state index in [4.69, 9.17) is 11.6 Å². The van der Waals surface area contributed by atoms with Gasteiger partial charge < -0.3 is 9.62 Å². The Morgan fingerprint density at radius 1 is 1.35 bits per heavy atom. The van der Waals surface area contributed by atoms with Gasteiger partial charge in [-0.25, -0.2) is 8.42 Å². The Bertz CT molecular complexity index is 460. The lowest BCUT2D eigenvalue weighted by Crippen LogP contribution is -3.06. The lowest BCUT2D eigenvalue weighted by Gasteiger charge is -2.20. The number of quaternary nitrogens is 1. The summed E-state index contributed by atoms with van der Waals surface area (Å²) < 4.78 is 27.1. The molecule has 0 unspecified atom stereocenters. The summed E-state index contributed by atoms with van der Waals surface area (Å²) in [4.78, 5) is 1.17. The van der Waals surface area contributed by atoms with Gasteiger partial charge in [0.25, 0.3) is 0 Å². The lowest BCUT2D eigenvalue weighted by atomic mass is 10.2. The third-order valence-electron chi connectivity index (χ3n) is 2.14. The van der Waals surface area contributed by atoms with Crippen molar-refractivity contribution in [3.05, 3.63) is 39.6 Å². The van der Waals surface area contributed by atoms with Gasteiger partial charge >= 0.3 is 0 Å². The summed E-state index contributed by atoms with van der Waals surface area (Å²) in [6.45, 7) is 1.03. The zero-order valence-corrected chi connectivity index (χ0v) is 11.6. The number of nitrogens with one attached hydrogen (secondary N) is 1. The second-order valence-corrected chi connectivity index (χ2v) is 6.31. The molecule has 0 spiro atoms. The second-order valence-electron chi connectivity index (χ2n) is 4.17. The fourth-order valence-corrected chi connectivity index (χ4v) is 2.57. The van der Waals surface area contributed by atoms with Gasteiger partial charge in [0, 0.05) is 5.02 Å². The number of rotatable bonds is 6. The minimum atomic E-state index is -3.39. The molecule has 96 valence electrons. The monoisotopic (exact) mass is 276 g/mol. The first-order chi connectivity index (χ1) is 7.89. The first-order valence-electron chi connectivity index (χ1n) is 5.34. The molecule has 6 heteroatoms. The van der Waals surface area contributed by atoms with Crippen LogP contribution in [0.3, 0.4) is 0 Å². The molecule has 0 aliphatic heterocycles. The molecule has 0 aliphatic carbocycles. The fraction of sp³-hybridized carbons (Fsp3) is 0.455. The number of hydrogen-bond donors (Lipinski definition) is 1. The van der Waals surface area contributed by atoms with Crippen molar-refractivity contribution in [2.24, 2.45) is 0 Å². The molecule has 4 nitrogen and oxygen atoms in total. The maximum atomic E-state index is 11.7. The maximum Gasteiger partial charge on any atom is 0.0765 e. The van der Waals surface area contributed by atoms with E-state index >= 15 is 0 Å². The molecule has 1 aromatic carbocycles. The number of hydrogen-bond acceptors (Lipinski definition) is 2. The van der Waals surface area contributed by atoms with Crippen molar-refractivity contribution in [2.75, 3.05) is 27.2 Å². The van der Waals surface area contributed by atoms with Crippen LogP contribution < -0.4 is 4.90 Å². The molecule has 1 aromatic rings. The minimum Gasteiger partial charge on any atom is -0.544 e. The largest absolute Gasteiger partial charge is 0.544 e. The van der Waals surface area contributed by atoms with Crippen LogP contribution in [0, 0.1) is 0 Å². The van der Waals surface area contributed by atoms with Crippen molar-refractivity contribution in [3.63, 3.8) is 0 Å². The van der Waals surface area contributed by atoms with Crippen LogP contribution in [0.5, 0.6) is 0 Å². The van der Waals surface area contributed by atoms with Crippen LogP contribution in [-0.4, -0.2) is 35.6 Å². The molecule has 0 saturated carbocycles. The van der Waals surface area contributed by atoms with Gasteiger partial charge in [-0.1, -0.05) is 30.3 Å². The highest BCUT2D eigenvalue weighted by Gasteiger charge is 2.03. The average molecular weight is 277 g/mol. The molecule has 1 N–H and O–H groups in total. The van der Waals surface area contributed by atoms with Gasteiger partial charge in [-0.2, -0.15) is 0 Å². The Balaban J connectivity index is 2.55. The molecule has 0 amide bonds. The topological polar surface area (TPSA) is 52.7 Å². The number of likely N-dealkylation sites (N-methyl/N-ethyl adjacent to an activating group) is 1. The van der Waals surface area contributed by atoms with Crippen LogP contribution >= 0.6 is 11.6 Å². The highest BCUT2D eigenvalue weighted by molar-refractivity contribution is 7.93. The summed E-state index contributed by atoms with van der Waals surface area (Å²) in [5.41, 5.74) is 0.665. The smallest absolute Gasteiger partial charge is 0.0765 e. The van der Waals surface area contributed by atoms with Crippen molar-refractivity contribution in [1.82, 2.24) is 0 Å². The summed E-state index contributed by atoms with van der Waals surface area (Å²) >= 11 is 5.79. The number of nitrogens with zero attached hydrogens (tertiary/aromatic N) is 1. The maximum absolute atomic E-state index is 11.7. The van der Waals surface area contributed by atoms with Gasteiger partial charge in [0.1, 0.15) is 0 Å². The summed E-state index contributed by atoms with van der Waals surface area (Å²) in [5.74, 6) is -0.0870. The molecule has 0 saturated heterocycles. The van der Waals surface area contributed by atoms with Crippen LogP contribution in [0.25, 0.3) is 4.72 Å². The Morgan fingerprint density at radius 2 is 2.06 bits per heavy atom. The molecule has 0 aromatic heterocycles. The minimum absolute atomic E-state index is 0.0870. The Kier molecular flexibility index (Phi) is 5.39. The normalized spacial score (nSPS) is 12.0. The van der Waals surface area contributed by atoms with E-state index in [0.717, 1.165) is 0 Å². The zero-order valence-electron chi connectivity index (χ0n) is 9.98. The van der Waals surface area contributed by atoms with Crippen molar-refractivity contribution >= 4 is 21.6 Å². The van der Waals surface area contributed by atoms with E-state index < -0.39 is 10.0 Å². The standard InChI is InChI=1S/C11H16ClN2O2S/c1-14(2)7-6-13-17(15,16)9-10-4-3-5-11(12)8-10/h3-5,8H,6-7,9H2,1-2H3/q-1/p+1. The third kappa shape index (κ3) is 6.02. The van der Waals surface area contributed by atoms with Gasteiger partial charge in [0.2, 0.25) is 0 Å². The number of benzene rings is 1. The lowest BCUT2D eigenvalue weighted by molar-refractivity contribution is -0.856. The predicted octanol–water partition coefficient (Wildman–Crippen LogP) is 0.688. The number of sulfonamides is 1.